The maximum atomic E-state index is 9.83. The molecule has 3 saturated heterocycles. The van der Waals surface area contributed by atoms with Gasteiger partial charge in [0.05, 0.1) is 29.6 Å². The molecular formula is C22H25ClN6O2. The van der Waals surface area contributed by atoms with Crippen molar-refractivity contribution in [2.24, 2.45) is 0 Å². The van der Waals surface area contributed by atoms with E-state index in [9.17, 15) is 10.4 Å². The lowest BCUT2D eigenvalue weighted by molar-refractivity contribution is 0.104. The van der Waals surface area contributed by atoms with Crippen LogP contribution >= 0.6 is 12.4 Å². The molecule has 0 saturated carbocycles. The Labute approximate surface area is 186 Å². The second kappa shape index (κ2) is 8.71. The zero-order chi connectivity index (χ0) is 20.7. The third-order valence-corrected chi connectivity index (χ3v) is 5.93. The normalized spacial score (nSPS) is 20.5. The summed E-state index contributed by atoms with van der Waals surface area (Å²) in [5.41, 5.74) is 2.94. The average molecular weight is 441 g/mol. The van der Waals surface area contributed by atoms with Crippen molar-refractivity contribution in [2.75, 3.05) is 24.6 Å². The number of ether oxygens (including phenoxy) is 1. The van der Waals surface area contributed by atoms with Crippen LogP contribution in [0.1, 0.15) is 25.3 Å². The molecule has 3 fully saturated rings. The van der Waals surface area contributed by atoms with Gasteiger partial charge in [0.25, 0.3) is 0 Å². The monoisotopic (exact) mass is 440 g/mol. The van der Waals surface area contributed by atoms with Crippen LogP contribution in [0.5, 0.6) is 5.75 Å². The van der Waals surface area contributed by atoms with E-state index in [-0.39, 0.29) is 19.0 Å². The van der Waals surface area contributed by atoms with E-state index in [0.717, 1.165) is 35.6 Å². The predicted octanol–water partition coefficient (Wildman–Crippen LogP) is 2.39. The first-order valence-electron chi connectivity index (χ1n) is 10.3. The van der Waals surface area contributed by atoms with Gasteiger partial charge in [0.1, 0.15) is 24.2 Å². The van der Waals surface area contributed by atoms with Crippen LogP contribution in [0.4, 0.5) is 5.82 Å². The standard InChI is InChI=1S/C22H24N6O2.ClH/c1-2-18(29)13-30-19-6-20(22-15(7-23)9-25-28(22)12-19)14-3-4-21(24-8-14)27-10-16-5-17(11-27)26-16;/h3-4,6,8-9,12,16-18,26,29H,2,5,10-11,13H2,1H3;1H/t16?,17?,18-;/m1./s1. The van der Waals surface area contributed by atoms with Gasteiger partial charge in [-0.15, -0.1) is 12.4 Å². The van der Waals surface area contributed by atoms with Gasteiger partial charge in [-0.25, -0.2) is 9.50 Å². The molecule has 31 heavy (non-hydrogen) atoms. The zero-order valence-electron chi connectivity index (χ0n) is 17.2. The highest BCUT2D eigenvalue weighted by Gasteiger charge is 2.36. The van der Waals surface area contributed by atoms with E-state index in [1.165, 1.54) is 6.42 Å². The predicted molar refractivity (Wildman–Crippen MR) is 120 cm³/mol. The van der Waals surface area contributed by atoms with Crippen molar-refractivity contribution >= 4 is 23.7 Å². The van der Waals surface area contributed by atoms with E-state index in [1.807, 2.05) is 31.3 Å². The highest BCUT2D eigenvalue weighted by atomic mass is 35.5. The maximum absolute atomic E-state index is 9.83. The minimum Gasteiger partial charge on any atom is -0.489 e. The highest BCUT2D eigenvalue weighted by molar-refractivity contribution is 5.85. The van der Waals surface area contributed by atoms with E-state index in [4.69, 9.17) is 9.72 Å². The third kappa shape index (κ3) is 4.04. The third-order valence-electron chi connectivity index (χ3n) is 5.93. The number of hydrogen-bond acceptors (Lipinski definition) is 7. The Kier molecular flexibility index (Phi) is 6.01. The van der Waals surface area contributed by atoms with Gasteiger partial charge >= 0.3 is 0 Å². The molecule has 0 aliphatic carbocycles. The lowest BCUT2D eigenvalue weighted by Crippen LogP contribution is -2.67. The minimum atomic E-state index is -0.525. The molecular weight excluding hydrogens is 416 g/mol. The molecule has 3 aromatic heterocycles. The molecule has 3 aliphatic rings. The Hall–Kier alpha value is -2.86. The van der Waals surface area contributed by atoms with Crippen molar-refractivity contribution in [1.29, 1.82) is 5.26 Å². The lowest BCUT2D eigenvalue weighted by Gasteiger charge is -2.48. The summed E-state index contributed by atoms with van der Waals surface area (Å²) in [4.78, 5) is 7.02. The van der Waals surface area contributed by atoms with Crippen LogP contribution in [-0.2, 0) is 0 Å². The molecule has 6 heterocycles. The number of aromatic nitrogens is 3. The number of hydrogen-bond donors (Lipinski definition) is 2. The molecule has 8 nitrogen and oxygen atoms in total. The number of nitriles is 1. The number of anilines is 1. The Balaban J connectivity index is 0.00000231. The SMILES string of the molecule is CC[C@@H](O)COc1cc(-c2ccc(N3CC4CC(C3)N4)nc2)c2c(C#N)cnn2c1.Cl. The summed E-state index contributed by atoms with van der Waals surface area (Å²) >= 11 is 0. The highest BCUT2D eigenvalue weighted by Crippen LogP contribution is 2.32. The first kappa shape index (κ1) is 21.4. The molecule has 162 valence electrons. The van der Waals surface area contributed by atoms with Gasteiger partial charge in [-0.1, -0.05) is 6.92 Å². The number of fused-ring (bicyclic) bond motifs is 3. The molecule has 3 aromatic rings. The second-order valence-corrected chi connectivity index (χ2v) is 8.03. The van der Waals surface area contributed by atoms with Crippen molar-refractivity contribution < 1.29 is 9.84 Å². The van der Waals surface area contributed by atoms with E-state index in [0.29, 0.717) is 29.8 Å². The van der Waals surface area contributed by atoms with E-state index in [2.05, 4.69) is 21.4 Å². The van der Waals surface area contributed by atoms with Crippen LogP contribution in [0.2, 0.25) is 0 Å². The number of piperazine rings is 1. The summed E-state index contributed by atoms with van der Waals surface area (Å²) < 4.78 is 7.43. The Morgan fingerprint density at radius 1 is 1.32 bits per heavy atom. The number of aliphatic hydroxyl groups excluding tert-OH is 1. The van der Waals surface area contributed by atoms with Crippen molar-refractivity contribution in [3.63, 3.8) is 0 Å². The summed E-state index contributed by atoms with van der Waals surface area (Å²) in [6.45, 7) is 4.08. The van der Waals surface area contributed by atoms with Crippen LogP contribution in [0, 0.1) is 11.3 Å². The summed E-state index contributed by atoms with van der Waals surface area (Å²) in [6.07, 6.45) is 6.48. The number of aliphatic hydroxyl groups is 1. The molecule has 3 atom stereocenters. The fraction of sp³-hybridized carbons (Fsp3) is 0.409. The van der Waals surface area contributed by atoms with Crippen LogP contribution in [0.3, 0.4) is 0 Å². The number of piperidine rings is 1. The van der Waals surface area contributed by atoms with Gasteiger partial charge in [0.2, 0.25) is 0 Å². The molecule has 0 spiro atoms. The fourth-order valence-corrected chi connectivity index (χ4v) is 4.22. The molecule has 3 aliphatic heterocycles. The quantitative estimate of drug-likeness (QED) is 0.607. The van der Waals surface area contributed by atoms with Crippen LogP contribution in [0.25, 0.3) is 16.6 Å². The molecule has 6 rings (SSSR count). The van der Waals surface area contributed by atoms with Gasteiger partial charge in [-0.3, -0.25) is 0 Å². The Morgan fingerprint density at radius 3 is 2.74 bits per heavy atom. The fourth-order valence-electron chi connectivity index (χ4n) is 4.22. The van der Waals surface area contributed by atoms with Crippen molar-refractivity contribution in [2.45, 2.75) is 38.0 Å². The van der Waals surface area contributed by atoms with Gasteiger partial charge < -0.3 is 20.1 Å². The van der Waals surface area contributed by atoms with Gasteiger partial charge in [0, 0.05) is 42.5 Å². The topological polar surface area (TPSA) is 98.7 Å². The van der Waals surface area contributed by atoms with E-state index >= 15 is 0 Å². The molecule has 2 bridgehead atoms. The number of halogens is 1. The number of pyridine rings is 2. The van der Waals surface area contributed by atoms with Crippen molar-refractivity contribution in [1.82, 2.24) is 19.9 Å². The largest absolute Gasteiger partial charge is 0.489 e. The Morgan fingerprint density at radius 2 is 2.10 bits per heavy atom. The maximum Gasteiger partial charge on any atom is 0.138 e. The second-order valence-electron chi connectivity index (χ2n) is 8.03. The number of nitrogens with zero attached hydrogens (tertiary/aromatic N) is 5. The van der Waals surface area contributed by atoms with E-state index < -0.39 is 6.10 Å². The Bertz CT molecular complexity index is 1090. The summed E-state index contributed by atoms with van der Waals surface area (Å²) in [5, 5.41) is 27.2. The summed E-state index contributed by atoms with van der Waals surface area (Å²) in [6, 6.07) is 9.31. The van der Waals surface area contributed by atoms with Gasteiger partial charge in [-0.05, 0) is 31.0 Å². The first-order chi connectivity index (χ1) is 14.6. The zero-order valence-corrected chi connectivity index (χ0v) is 18.0. The first-order valence-corrected chi connectivity index (χ1v) is 10.3. The molecule has 0 radical (unpaired) electrons. The average Bonchev–Trinajstić information content (AvgIpc) is 3.19. The number of nitrogens with one attached hydrogen (secondary N) is 1. The van der Waals surface area contributed by atoms with Crippen molar-refractivity contribution in [3.8, 4) is 22.9 Å². The molecule has 0 amide bonds. The van der Waals surface area contributed by atoms with Crippen LogP contribution < -0.4 is 15.0 Å². The van der Waals surface area contributed by atoms with Crippen LogP contribution in [-0.4, -0.2) is 57.6 Å². The number of rotatable bonds is 6. The molecule has 9 heteroatoms. The van der Waals surface area contributed by atoms with Crippen LogP contribution in [0.15, 0.2) is 36.8 Å². The smallest absolute Gasteiger partial charge is 0.138 e. The van der Waals surface area contributed by atoms with Gasteiger partial charge in [0.15, 0.2) is 0 Å². The molecule has 2 unspecified atom stereocenters. The lowest BCUT2D eigenvalue weighted by atomic mass is 9.91. The van der Waals surface area contributed by atoms with Crippen molar-refractivity contribution in [3.05, 3.63) is 42.4 Å². The molecule has 2 N–H and O–H groups in total. The summed E-state index contributed by atoms with van der Waals surface area (Å²) in [7, 11) is 0. The summed E-state index contributed by atoms with van der Waals surface area (Å²) in [5.74, 6) is 1.56. The molecule has 0 aromatic carbocycles. The van der Waals surface area contributed by atoms with E-state index in [1.54, 1.807) is 16.9 Å². The minimum absolute atomic E-state index is 0. The van der Waals surface area contributed by atoms with Gasteiger partial charge in [-0.2, -0.15) is 10.4 Å².